The number of para-hydroxylation sites is 2. The number of thiophene rings is 1. The highest BCUT2D eigenvalue weighted by Gasteiger charge is 2.18. The molecule has 0 saturated heterocycles. The van der Waals surface area contributed by atoms with Crippen LogP contribution in [0.15, 0.2) is 255 Å². The number of rotatable bonds is 7. The van der Waals surface area contributed by atoms with Crippen LogP contribution in [-0.2, 0) is 0 Å². The third kappa shape index (κ3) is 7.01. The van der Waals surface area contributed by atoms with Crippen LogP contribution in [0.2, 0.25) is 0 Å². The number of hydrogen-bond donors (Lipinski definition) is 0. The molecule has 0 N–H and O–H groups in total. The molecular formula is C69H42N4S. The quantitative estimate of drug-likeness (QED) is 0.150. The predicted octanol–water partition coefficient (Wildman–Crippen LogP) is 18.8. The normalized spacial score (nSPS) is 11.8. The smallest absolute Gasteiger partial charge is 0.164 e. The summed E-state index contributed by atoms with van der Waals surface area (Å²) in [5.41, 5.74) is 13.4. The SMILES string of the molecule is c1ccc(-c2nc(-c3ccc4c(c3)sc3cc(-c5cccc(-c6cccc(-c7ccc8c9ccccc9c9ccccc9c8c7)c6)c5)ccc34)nc(-c3ccc4c(c3)c3ccccc3n4-c3ccccc3)n2)cc1. The lowest BCUT2D eigenvalue weighted by molar-refractivity contribution is 1.07. The molecule has 4 nitrogen and oxygen atoms in total. The van der Waals surface area contributed by atoms with E-state index in [9.17, 15) is 0 Å². The largest absolute Gasteiger partial charge is 0.309 e. The fourth-order valence-electron chi connectivity index (χ4n) is 11.3. The van der Waals surface area contributed by atoms with E-state index in [1.165, 1.54) is 91.3 Å². The van der Waals surface area contributed by atoms with Crippen LogP contribution in [0, 0.1) is 0 Å². The lowest BCUT2D eigenvalue weighted by atomic mass is 9.91. The van der Waals surface area contributed by atoms with E-state index in [0.717, 1.165) is 38.8 Å². The van der Waals surface area contributed by atoms with Gasteiger partial charge in [0.25, 0.3) is 0 Å². The zero-order chi connectivity index (χ0) is 48.7. The second kappa shape index (κ2) is 17.1. The highest BCUT2D eigenvalue weighted by molar-refractivity contribution is 7.25. The minimum Gasteiger partial charge on any atom is -0.309 e. The van der Waals surface area contributed by atoms with Gasteiger partial charge in [0.15, 0.2) is 17.5 Å². The van der Waals surface area contributed by atoms with E-state index in [4.69, 9.17) is 15.0 Å². The first-order valence-electron chi connectivity index (χ1n) is 25.1. The summed E-state index contributed by atoms with van der Waals surface area (Å²) in [6.45, 7) is 0. The second-order valence-electron chi connectivity index (χ2n) is 19.1. The van der Waals surface area contributed by atoms with Gasteiger partial charge in [-0.25, -0.2) is 15.0 Å². The third-order valence-corrected chi connectivity index (χ3v) is 15.9. The fourth-order valence-corrected chi connectivity index (χ4v) is 12.4. The summed E-state index contributed by atoms with van der Waals surface area (Å²) in [5.74, 6) is 1.92. The van der Waals surface area contributed by atoms with E-state index in [1.54, 1.807) is 0 Å². The van der Waals surface area contributed by atoms with Crippen LogP contribution in [0.25, 0.3) is 148 Å². The Kier molecular flexibility index (Phi) is 9.72. The van der Waals surface area contributed by atoms with Crippen molar-refractivity contribution in [2.75, 3.05) is 0 Å². The maximum absolute atomic E-state index is 5.23. The van der Waals surface area contributed by atoms with Crippen molar-refractivity contribution in [2.45, 2.75) is 0 Å². The molecule has 0 fully saturated rings. The van der Waals surface area contributed by atoms with E-state index < -0.39 is 0 Å². The van der Waals surface area contributed by atoms with Gasteiger partial charge in [0, 0.05) is 53.3 Å². The first-order chi connectivity index (χ1) is 36.6. The van der Waals surface area contributed by atoms with Gasteiger partial charge in [-0.1, -0.05) is 188 Å². The van der Waals surface area contributed by atoms with E-state index in [1.807, 2.05) is 29.5 Å². The maximum Gasteiger partial charge on any atom is 0.164 e. The highest BCUT2D eigenvalue weighted by atomic mass is 32.1. The lowest BCUT2D eigenvalue weighted by Gasteiger charge is -2.13. The summed E-state index contributed by atoms with van der Waals surface area (Å²) < 4.78 is 4.76. The van der Waals surface area contributed by atoms with Crippen LogP contribution < -0.4 is 0 Å². The molecule has 0 aliphatic heterocycles. The van der Waals surface area contributed by atoms with Gasteiger partial charge in [-0.2, -0.15) is 0 Å². The zero-order valence-corrected chi connectivity index (χ0v) is 40.8. The molecule has 0 bridgehead atoms. The van der Waals surface area contributed by atoms with Gasteiger partial charge < -0.3 is 4.57 Å². The average molecular weight is 959 g/mol. The third-order valence-electron chi connectivity index (χ3n) is 14.8. The summed E-state index contributed by atoms with van der Waals surface area (Å²) in [4.78, 5) is 15.5. The summed E-state index contributed by atoms with van der Waals surface area (Å²) in [6.07, 6.45) is 0. The van der Waals surface area contributed by atoms with Gasteiger partial charge in [-0.05, 0) is 132 Å². The first-order valence-corrected chi connectivity index (χ1v) is 25.9. The molecule has 0 unspecified atom stereocenters. The molecule has 0 aliphatic carbocycles. The summed E-state index contributed by atoms with van der Waals surface area (Å²) in [5, 5.41) is 12.5. The molecule has 12 aromatic carbocycles. The molecule has 0 radical (unpaired) electrons. The number of aromatic nitrogens is 4. The minimum absolute atomic E-state index is 0.638. The van der Waals surface area contributed by atoms with Crippen molar-refractivity contribution in [2.24, 2.45) is 0 Å². The second-order valence-corrected chi connectivity index (χ2v) is 20.2. The van der Waals surface area contributed by atoms with Crippen LogP contribution in [0.3, 0.4) is 0 Å². The molecule has 3 aromatic heterocycles. The van der Waals surface area contributed by atoms with E-state index in [-0.39, 0.29) is 0 Å². The molecule has 0 spiro atoms. The average Bonchev–Trinajstić information content (AvgIpc) is 4.02. The van der Waals surface area contributed by atoms with Crippen molar-refractivity contribution < 1.29 is 0 Å². The Morgan fingerprint density at radius 3 is 1.22 bits per heavy atom. The Labute approximate surface area is 430 Å². The molecule has 0 atom stereocenters. The summed E-state index contributed by atoms with van der Waals surface area (Å²) in [6, 6.07) is 91.9. The van der Waals surface area contributed by atoms with Gasteiger partial charge in [0.1, 0.15) is 0 Å². The lowest BCUT2D eigenvalue weighted by Crippen LogP contribution is -2.00. The van der Waals surface area contributed by atoms with Gasteiger partial charge >= 0.3 is 0 Å². The minimum atomic E-state index is 0.638. The Morgan fingerprint density at radius 1 is 0.230 bits per heavy atom. The standard InChI is InChI=1S/C69H42N4S/c1-3-15-43(16-4-1)67-70-68(50-32-36-64-62(40-50)58-27-11-12-28-63(58)73(64)52-21-5-2-6-22-52)72-69(71-67)51-31-35-60-59-34-30-49(41-65(59)74-66(60)42-51)47-20-14-18-45(38-47)44-17-13-19-46(37-44)48-29-33-57-55-25-8-7-23-53(55)54-24-9-10-26-56(54)61(57)39-48/h1-42H. The van der Waals surface area contributed by atoms with Crippen LogP contribution in [0.5, 0.6) is 0 Å². The molecular weight excluding hydrogens is 917 g/mol. The van der Waals surface area contributed by atoms with E-state index in [0.29, 0.717) is 17.5 Å². The Morgan fingerprint density at radius 2 is 0.608 bits per heavy atom. The van der Waals surface area contributed by atoms with Crippen LogP contribution in [0.4, 0.5) is 0 Å². The molecule has 15 aromatic rings. The molecule has 344 valence electrons. The van der Waals surface area contributed by atoms with Crippen LogP contribution in [0.1, 0.15) is 0 Å². The molecule has 5 heteroatoms. The van der Waals surface area contributed by atoms with Crippen molar-refractivity contribution in [3.05, 3.63) is 255 Å². The molecule has 15 rings (SSSR count). The van der Waals surface area contributed by atoms with Crippen LogP contribution >= 0.6 is 11.3 Å². The van der Waals surface area contributed by atoms with E-state index in [2.05, 4.69) is 241 Å². The molecule has 74 heavy (non-hydrogen) atoms. The summed E-state index contributed by atoms with van der Waals surface area (Å²) in [7, 11) is 0. The Bertz CT molecular complexity index is 4690. The van der Waals surface area contributed by atoms with Crippen molar-refractivity contribution in [3.8, 4) is 73.2 Å². The highest BCUT2D eigenvalue weighted by Crippen LogP contribution is 2.42. The summed E-state index contributed by atoms with van der Waals surface area (Å²) >= 11 is 1.81. The van der Waals surface area contributed by atoms with Gasteiger partial charge in [-0.3, -0.25) is 0 Å². The molecule has 0 aliphatic rings. The number of benzene rings is 12. The Balaban J connectivity index is 0.775. The van der Waals surface area contributed by atoms with Gasteiger partial charge in [-0.15, -0.1) is 11.3 Å². The van der Waals surface area contributed by atoms with Crippen molar-refractivity contribution in [1.29, 1.82) is 0 Å². The maximum atomic E-state index is 5.23. The number of hydrogen-bond acceptors (Lipinski definition) is 4. The van der Waals surface area contributed by atoms with Crippen molar-refractivity contribution in [1.82, 2.24) is 19.5 Å². The Hall–Kier alpha value is -9.55. The predicted molar refractivity (Wildman–Crippen MR) is 312 cm³/mol. The molecule has 0 saturated carbocycles. The fraction of sp³-hybridized carbons (Fsp3) is 0. The van der Waals surface area contributed by atoms with Gasteiger partial charge in [0.05, 0.1) is 11.0 Å². The number of fused-ring (bicyclic) bond motifs is 12. The zero-order valence-electron chi connectivity index (χ0n) is 39.9. The monoisotopic (exact) mass is 958 g/mol. The van der Waals surface area contributed by atoms with E-state index >= 15 is 0 Å². The van der Waals surface area contributed by atoms with Gasteiger partial charge in [0.2, 0.25) is 0 Å². The van der Waals surface area contributed by atoms with Crippen molar-refractivity contribution >= 4 is 85.6 Å². The molecule has 0 amide bonds. The topological polar surface area (TPSA) is 43.6 Å². The van der Waals surface area contributed by atoms with Crippen molar-refractivity contribution in [3.63, 3.8) is 0 Å². The number of nitrogens with zero attached hydrogens (tertiary/aromatic N) is 4. The molecule has 3 heterocycles. The van der Waals surface area contributed by atoms with Crippen LogP contribution in [-0.4, -0.2) is 19.5 Å². The first kappa shape index (κ1) is 42.2.